The quantitative estimate of drug-likeness (QED) is 0.731. The molecule has 104 valence electrons. The molecule has 0 aromatic heterocycles. The molecule has 2 amide bonds. The first-order valence-corrected chi connectivity index (χ1v) is 6.77. The lowest BCUT2D eigenvalue weighted by atomic mass is 9.99. The minimum Gasteiger partial charge on any atom is -0.480 e. The van der Waals surface area contributed by atoms with Crippen LogP contribution in [0.1, 0.15) is 40.0 Å². The van der Waals surface area contributed by atoms with E-state index < -0.39 is 12.0 Å². The molecule has 1 fully saturated rings. The zero-order valence-electron chi connectivity index (χ0n) is 11.5. The fraction of sp³-hybridized carbons (Fsp3) is 0.846. The molecule has 1 aliphatic carbocycles. The molecule has 0 aromatic rings. The highest BCUT2D eigenvalue weighted by Crippen LogP contribution is 2.29. The summed E-state index contributed by atoms with van der Waals surface area (Å²) in [5.41, 5.74) is 0. The number of amides is 2. The van der Waals surface area contributed by atoms with Gasteiger partial charge in [0.15, 0.2) is 0 Å². The van der Waals surface area contributed by atoms with E-state index in [2.05, 4.69) is 5.32 Å². The van der Waals surface area contributed by atoms with E-state index >= 15 is 0 Å². The Balaban J connectivity index is 2.54. The van der Waals surface area contributed by atoms with E-state index in [-0.39, 0.29) is 11.9 Å². The lowest BCUT2D eigenvalue weighted by molar-refractivity contribution is -0.140. The van der Waals surface area contributed by atoms with E-state index in [1.165, 1.54) is 12.8 Å². The van der Waals surface area contributed by atoms with Crippen LogP contribution in [0.15, 0.2) is 0 Å². The number of carbonyl (C=O) groups is 2. The number of hydrogen-bond donors (Lipinski definition) is 2. The van der Waals surface area contributed by atoms with Crippen molar-refractivity contribution in [3.05, 3.63) is 0 Å². The Bertz CT molecular complexity index is 303. The van der Waals surface area contributed by atoms with Crippen LogP contribution in [0.4, 0.5) is 4.79 Å². The van der Waals surface area contributed by atoms with Gasteiger partial charge in [-0.15, -0.1) is 0 Å². The molecular formula is C13H24N2O3. The van der Waals surface area contributed by atoms with Gasteiger partial charge in [-0.3, -0.25) is 0 Å². The largest absolute Gasteiger partial charge is 0.480 e. The van der Waals surface area contributed by atoms with Crippen molar-refractivity contribution < 1.29 is 14.7 Å². The Morgan fingerprint density at radius 1 is 1.39 bits per heavy atom. The van der Waals surface area contributed by atoms with Crippen molar-refractivity contribution in [2.75, 3.05) is 13.1 Å². The number of hydrogen-bond acceptors (Lipinski definition) is 2. The first-order valence-electron chi connectivity index (χ1n) is 6.77. The minimum absolute atomic E-state index is 0.0638. The molecule has 2 atom stereocenters. The van der Waals surface area contributed by atoms with Gasteiger partial charge in [0.05, 0.1) is 0 Å². The van der Waals surface area contributed by atoms with Crippen molar-refractivity contribution in [3.8, 4) is 0 Å². The predicted octanol–water partition coefficient (Wildman–Crippen LogP) is 1.93. The van der Waals surface area contributed by atoms with Crippen LogP contribution in [0, 0.1) is 11.8 Å². The summed E-state index contributed by atoms with van der Waals surface area (Å²) in [5, 5.41) is 11.8. The van der Waals surface area contributed by atoms with Gasteiger partial charge >= 0.3 is 12.0 Å². The Kier molecular flexibility index (Phi) is 5.44. The maximum absolute atomic E-state index is 12.0. The third-order valence-corrected chi connectivity index (χ3v) is 3.60. The van der Waals surface area contributed by atoms with Crippen molar-refractivity contribution >= 4 is 12.0 Å². The molecule has 0 aliphatic heterocycles. The van der Waals surface area contributed by atoms with Crippen LogP contribution >= 0.6 is 0 Å². The number of urea groups is 1. The topological polar surface area (TPSA) is 69.6 Å². The molecule has 0 unspecified atom stereocenters. The van der Waals surface area contributed by atoms with Gasteiger partial charge in [-0.2, -0.15) is 0 Å². The Morgan fingerprint density at radius 3 is 2.39 bits per heavy atom. The third kappa shape index (κ3) is 4.20. The summed E-state index contributed by atoms with van der Waals surface area (Å²) in [4.78, 5) is 24.9. The molecule has 2 N–H and O–H groups in total. The standard InChI is InChI=1S/C13H24N2O3/c1-4-9(3)11(12(16)17)14-13(18)15(5-2)8-10-6-7-10/h9-11H,4-8H2,1-3H3,(H,14,18)(H,16,17)/t9-,11-/m0/s1. The molecule has 0 aromatic carbocycles. The lowest BCUT2D eigenvalue weighted by Crippen LogP contribution is -2.51. The zero-order chi connectivity index (χ0) is 13.7. The maximum atomic E-state index is 12.0. The number of carboxylic acids is 1. The van der Waals surface area contributed by atoms with E-state index in [9.17, 15) is 9.59 Å². The van der Waals surface area contributed by atoms with Gasteiger partial charge < -0.3 is 15.3 Å². The molecule has 5 nitrogen and oxygen atoms in total. The minimum atomic E-state index is -0.958. The summed E-state index contributed by atoms with van der Waals surface area (Å²) < 4.78 is 0. The molecule has 1 saturated carbocycles. The van der Waals surface area contributed by atoms with E-state index in [0.717, 1.165) is 13.0 Å². The summed E-state index contributed by atoms with van der Waals surface area (Å²) in [6.45, 7) is 7.05. The Morgan fingerprint density at radius 2 is 2.00 bits per heavy atom. The number of aliphatic carboxylic acids is 1. The van der Waals surface area contributed by atoms with Crippen LogP contribution < -0.4 is 5.32 Å². The number of nitrogens with zero attached hydrogens (tertiary/aromatic N) is 1. The molecule has 5 heteroatoms. The first kappa shape index (κ1) is 14.8. The molecule has 1 aliphatic rings. The van der Waals surface area contributed by atoms with Gasteiger partial charge in [-0.1, -0.05) is 20.3 Å². The van der Waals surface area contributed by atoms with Gasteiger partial charge in [0, 0.05) is 13.1 Å². The van der Waals surface area contributed by atoms with Gasteiger partial charge in [-0.05, 0) is 31.6 Å². The summed E-state index contributed by atoms with van der Waals surface area (Å²) in [6.07, 6.45) is 3.08. The second-order valence-corrected chi connectivity index (χ2v) is 5.13. The van der Waals surface area contributed by atoms with Gasteiger partial charge in [0.2, 0.25) is 0 Å². The van der Waals surface area contributed by atoms with Crippen LogP contribution in [0.2, 0.25) is 0 Å². The van der Waals surface area contributed by atoms with Crippen LogP contribution in [-0.4, -0.2) is 41.1 Å². The zero-order valence-corrected chi connectivity index (χ0v) is 11.5. The average molecular weight is 256 g/mol. The molecular weight excluding hydrogens is 232 g/mol. The van der Waals surface area contributed by atoms with Crippen molar-refractivity contribution in [1.82, 2.24) is 10.2 Å². The van der Waals surface area contributed by atoms with Gasteiger partial charge in [0.1, 0.15) is 6.04 Å². The molecule has 18 heavy (non-hydrogen) atoms. The van der Waals surface area contributed by atoms with Crippen molar-refractivity contribution in [2.24, 2.45) is 11.8 Å². The predicted molar refractivity (Wildman–Crippen MR) is 69.4 cm³/mol. The van der Waals surface area contributed by atoms with Crippen LogP contribution in [-0.2, 0) is 4.79 Å². The molecule has 0 spiro atoms. The first-order chi connectivity index (χ1) is 8.49. The Labute approximate surface area is 109 Å². The highest BCUT2D eigenvalue weighted by Gasteiger charge is 2.30. The highest BCUT2D eigenvalue weighted by atomic mass is 16.4. The van der Waals surface area contributed by atoms with E-state index in [4.69, 9.17) is 5.11 Å². The third-order valence-electron chi connectivity index (χ3n) is 3.60. The van der Waals surface area contributed by atoms with Crippen molar-refractivity contribution in [1.29, 1.82) is 0 Å². The molecule has 0 bridgehead atoms. The number of rotatable bonds is 7. The second-order valence-electron chi connectivity index (χ2n) is 5.13. The fourth-order valence-electron chi connectivity index (χ4n) is 1.88. The normalized spacial score (nSPS) is 17.9. The van der Waals surface area contributed by atoms with Crippen LogP contribution in [0.25, 0.3) is 0 Å². The number of carboxylic acid groups (broad SMARTS) is 1. The summed E-state index contributed by atoms with van der Waals surface area (Å²) in [6, 6.07) is -1.05. The van der Waals surface area contributed by atoms with Crippen LogP contribution in [0.5, 0.6) is 0 Å². The monoisotopic (exact) mass is 256 g/mol. The lowest BCUT2D eigenvalue weighted by Gasteiger charge is -2.26. The molecule has 0 radical (unpaired) electrons. The summed E-state index contributed by atoms with van der Waals surface area (Å²) in [7, 11) is 0. The van der Waals surface area contributed by atoms with Crippen molar-refractivity contribution in [3.63, 3.8) is 0 Å². The fourth-order valence-corrected chi connectivity index (χ4v) is 1.88. The molecule has 0 heterocycles. The second kappa shape index (κ2) is 6.61. The highest BCUT2D eigenvalue weighted by molar-refractivity contribution is 5.82. The smallest absolute Gasteiger partial charge is 0.326 e. The summed E-state index contributed by atoms with van der Waals surface area (Å²) in [5.74, 6) is -0.408. The summed E-state index contributed by atoms with van der Waals surface area (Å²) >= 11 is 0. The number of nitrogens with one attached hydrogen (secondary N) is 1. The maximum Gasteiger partial charge on any atom is 0.326 e. The van der Waals surface area contributed by atoms with Gasteiger partial charge in [0.25, 0.3) is 0 Å². The SMILES string of the molecule is CC[C@H](C)[C@H](NC(=O)N(CC)CC1CC1)C(=O)O. The number of carbonyl (C=O) groups excluding carboxylic acids is 1. The molecule has 1 rings (SSSR count). The molecule has 0 saturated heterocycles. The Hall–Kier alpha value is -1.26. The van der Waals surface area contributed by atoms with Crippen molar-refractivity contribution in [2.45, 2.75) is 46.1 Å². The van der Waals surface area contributed by atoms with E-state index in [1.807, 2.05) is 20.8 Å². The van der Waals surface area contributed by atoms with E-state index in [0.29, 0.717) is 12.5 Å². The van der Waals surface area contributed by atoms with Crippen LogP contribution in [0.3, 0.4) is 0 Å². The average Bonchev–Trinajstić information content (AvgIpc) is 3.15. The van der Waals surface area contributed by atoms with Gasteiger partial charge in [-0.25, -0.2) is 9.59 Å². The van der Waals surface area contributed by atoms with E-state index in [1.54, 1.807) is 4.90 Å².